The number of hydrogen-bond acceptors (Lipinski definition) is 3. The summed E-state index contributed by atoms with van der Waals surface area (Å²) in [6, 6.07) is 5.79. The SMILES string of the molecule is COc1ccc(Br)cc1NCC(=O)NC(C)C(C)C. The summed E-state index contributed by atoms with van der Waals surface area (Å²) in [5.41, 5.74) is 0.796. The molecule has 0 aliphatic carbocycles. The molecule has 1 unspecified atom stereocenters. The normalized spacial score (nSPS) is 12.1. The van der Waals surface area contributed by atoms with Crippen LogP contribution >= 0.6 is 15.9 Å². The van der Waals surface area contributed by atoms with E-state index in [9.17, 15) is 4.79 Å². The van der Waals surface area contributed by atoms with E-state index < -0.39 is 0 Å². The van der Waals surface area contributed by atoms with Crippen molar-refractivity contribution in [1.82, 2.24) is 5.32 Å². The van der Waals surface area contributed by atoms with Crippen molar-refractivity contribution in [2.24, 2.45) is 5.92 Å². The van der Waals surface area contributed by atoms with Crippen LogP contribution in [0.5, 0.6) is 5.75 Å². The summed E-state index contributed by atoms with van der Waals surface area (Å²) >= 11 is 3.40. The van der Waals surface area contributed by atoms with Gasteiger partial charge in [0, 0.05) is 10.5 Å². The van der Waals surface area contributed by atoms with Gasteiger partial charge in [-0.1, -0.05) is 29.8 Å². The minimum absolute atomic E-state index is 0.0248. The van der Waals surface area contributed by atoms with Gasteiger partial charge in [0.15, 0.2) is 0 Å². The molecule has 0 aliphatic rings. The molecule has 0 radical (unpaired) electrons. The van der Waals surface area contributed by atoms with Gasteiger partial charge in [-0.25, -0.2) is 0 Å². The van der Waals surface area contributed by atoms with E-state index >= 15 is 0 Å². The van der Waals surface area contributed by atoms with Gasteiger partial charge in [-0.15, -0.1) is 0 Å². The standard InChI is InChI=1S/C14H21BrN2O2/c1-9(2)10(3)17-14(18)8-16-12-7-11(15)5-6-13(12)19-4/h5-7,9-10,16H,8H2,1-4H3,(H,17,18). The van der Waals surface area contributed by atoms with Crippen molar-refractivity contribution in [2.75, 3.05) is 19.0 Å². The van der Waals surface area contributed by atoms with Crippen LogP contribution in [0.3, 0.4) is 0 Å². The highest BCUT2D eigenvalue weighted by Gasteiger charge is 2.11. The van der Waals surface area contributed by atoms with Crippen molar-refractivity contribution < 1.29 is 9.53 Å². The third-order valence-corrected chi connectivity index (χ3v) is 3.48. The zero-order chi connectivity index (χ0) is 14.4. The number of rotatable bonds is 6. The molecule has 4 nitrogen and oxygen atoms in total. The highest BCUT2D eigenvalue weighted by Crippen LogP contribution is 2.27. The Morgan fingerprint density at radius 1 is 1.37 bits per heavy atom. The minimum atomic E-state index is -0.0248. The number of amides is 1. The van der Waals surface area contributed by atoms with Crippen LogP contribution in [0.4, 0.5) is 5.69 Å². The lowest BCUT2D eigenvalue weighted by Crippen LogP contribution is -2.39. The fraction of sp³-hybridized carbons (Fsp3) is 0.500. The maximum absolute atomic E-state index is 11.8. The lowest BCUT2D eigenvalue weighted by atomic mass is 10.1. The molecule has 1 amide bonds. The first-order chi connectivity index (χ1) is 8.93. The van der Waals surface area contributed by atoms with E-state index in [1.807, 2.05) is 25.1 Å². The van der Waals surface area contributed by atoms with Crippen LogP contribution in [-0.2, 0) is 4.79 Å². The quantitative estimate of drug-likeness (QED) is 0.843. The average molecular weight is 329 g/mol. The Kier molecular flexibility index (Phi) is 6.15. The average Bonchev–Trinajstić information content (AvgIpc) is 2.36. The molecule has 0 saturated heterocycles. The van der Waals surface area contributed by atoms with E-state index in [1.165, 1.54) is 0 Å². The fourth-order valence-corrected chi connectivity index (χ4v) is 1.83. The monoisotopic (exact) mass is 328 g/mol. The summed E-state index contributed by atoms with van der Waals surface area (Å²) in [5, 5.41) is 6.03. The second-order valence-corrected chi connectivity index (χ2v) is 5.71. The molecule has 0 aliphatic heterocycles. The van der Waals surface area contributed by atoms with Crippen LogP contribution in [0.15, 0.2) is 22.7 Å². The molecule has 0 aromatic heterocycles. The van der Waals surface area contributed by atoms with Crippen LogP contribution in [-0.4, -0.2) is 25.6 Å². The largest absolute Gasteiger partial charge is 0.495 e. The molecule has 5 heteroatoms. The van der Waals surface area contributed by atoms with Gasteiger partial charge in [0.1, 0.15) is 5.75 Å². The van der Waals surface area contributed by atoms with E-state index in [2.05, 4.69) is 40.4 Å². The van der Waals surface area contributed by atoms with Crippen LogP contribution in [0.1, 0.15) is 20.8 Å². The summed E-state index contributed by atoms with van der Waals surface area (Å²) in [5.74, 6) is 1.11. The predicted octanol–water partition coefficient (Wildman–Crippen LogP) is 3.03. The van der Waals surface area contributed by atoms with E-state index in [-0.39, 0.29) is 18.5 Å². The van der Waals surface area contributed by atoms with Crippen LogP contribution < -0.4 is 15.4 Å². The third kappa shape index (κ3) is 5.11. The second-order valence-electron chi connectivity index (χ2n) is 4.80. The van der Waals surface area contributed by atoms with Gasteiger partial charge in [0.25, 0.3) is 0 Å². The van der Waals surface area contributed by atoms with Gasteiger partial charge in [-0.2, -0.15) is 0 Å². The van der Waals surface area contributed by atoms with Crippen molar-refractivity contribution >= 4 is 27.5 Å². The highest BCUT2D eigenvalue weighted by molar-refractivity contribution is 9.10. The van der Waals surface area contributed by atoms with Gasteiger partial charge >= 0.3 is 0 Å². The number of carbonyl (C=O) groups excluding carboxylic acids is 1. The minimum Gasteiger partial charge on any atom is -0.495 e. The first-order valence-electron chi connectivity index (χ1n) is 6.30. The predicted molar refractivity (Wildman–Crippen MR) is 81.6 cm³/mol. The van der Waals surface area contributed by atoms with Crippen LogP contribution in [0.2, 0.25) is 0 Å². The lowest BCUT2D eigenvalue weighted by molar-refractivity contribution is -0.120. The first kappa shape index (κ1) is 15.8. The Bertz CT molecular complexity index is 435. The van der Waals surface area contributed by atoms with E-state index in [4.69, 9.17) is 4.74 Å². The molecule has 1 aromatic carbocycles. The Balaban J connectivity index is 2.57. The van der Waals surface area contributed by atoms with E-state index in [1.54, 1.807) is 7.11 Å². The molecular formula is C14H21BrN2O2. The maximum atomic E-state index is 11.8. The van der Waals surface area contributed by atoms with Crippen molar-refractivity contribution in [3.63, 3.8) is 0 Å². The van der Waals surface area contributed by atoms with Crippen molar-refractivity contribution in [3.8, 4) is 5.75 Å². The maximum Gasteiger partial charge on any atom is 0.239 e. The Morgan fingerprint density at radius 2 is 2.05 bits per heavy atom. The summed E-state index contributed by atoms with van der Waals surface area (Å²) < 4.78 is 6.17. The number of ether oxygens (including phenoxy) is 1. The zero-order valence-corrected chi connectivity index (χ0v) is 13.4. The number of nitrogens with one attached hydrogen (secondary N) is 2. The van der Waals surface area contributed by atoms with Gasteiger partial charge in [-0.05, 0) is 31.0 Å². The molecular weight excluding hydrogens is 308 g/mol. The Hall–Kier alpha value is -1.23. The molecule has 19 heavy (non-hydrogen) atoms. The summed E-state index contributed by atoms with van der Waals surface area (Å²) in [6.07, 6.45) is 0. The number of methoxy groups -OCH3 is 1. The number of carbonyl (C=O) groups is 1. The molecule has 1 rings (SSSR count). The van der Waals surface area contributed by atoms with Crippen molar-refractivity contribution in [3.05, 3.63) is 22.7 Å². The van der Waals surface area contributed by atoms with Crippen LogP contribution in [0, 0.1) is 5.92 Å². The highest BCUT2D eigenvalue weighted by atomic mass is 79.9. The van der Waals surface area contributed by atoms with Gasteiger partial charge in [-0.3, -0.25) is 4.79 Å². The fourth-order valence-electron chi connectivity index (χ4n) is 1.47. The Morgan fingerprint density at radius 3 is 2.63 bits per heavy atom. The molecule has 0 heterocycles. The molecule has 1 atom stereocenters. The first-order valence-corrected chi connectivity index (χ1v) is 7.10. The van der Waals surface area contributed by atoms with Gasteiger partial charge < -0.3 is 15.4 Å². The molecule has 0 spiro atoms. The third-order valence-electron chi connectivity index (χ3n) is 2.99. The number of benzene rings is 1. The summed E-state index contributed by atoms with van der Waals surface area (Å²) in [4.78, 5) is 11.8. The van der Waals surface area contributed by atoms with E-state index in [0.717, 1.165) is 10.2 Å². The van der Waals surface area contributed by atoms with Crippen molar-refractivity contribution in [2.45, 2.75) is 26.8 Å². The van der Waals surface area contributed by atoms with Crippen LogP contribution in [0.25, 0.3) is 0 Å². The Labute approximate surface area is 123 Å². The lowest BCUT2D eigenvalue weighted by Gasteiger charge is -2.18. The number of hydrogen-bond donors (Lipinski definition) is 2. The molecule has 1 aromatic rings. The number of halogens is 1. The molecule has 0 saturated carbocycles. The molecule has 2 N–H and O–H groups in total. The van der Waals surface area contributed by atoms with Crippen molar-refractivity contribution in [1.29, 1.82) is 0 Å². The smallest absolute Gasteiger partial charge is 0.239 e. The zero-order valence-electron chi connectivity index (χ0n) is 11.8. The molecule has 0 fully saturated rings. The number of anilines is 1. The van der Waals surface area contributed by atoms with E-state index in [0.29, 0.717) is 11.7 Å². The molecule has 106 valence electrons. The topological polar surface area (TPSA) is 50.4 Å². The second kappa shape index (κ2) is 7.38. The van der Waals surface area contributed by atoms with Gasteiger partial charge in [0.2, 0.25) is 5.91 Å². The summed E-state index contributed by atoms with van der Waals surface area (Å²) in [6.45, 7) is 6.39. The molecule has 0 bridgehead atoms. The summed E-state index contributed by atoms with van der Waals surface area (Å²) in [7, 11) is 1.61. The van der Waals surface area contributed by atoms with Gasteiger partial charge in [0.05, 0.1) is 19.3 Å².